The zero-order valence-corrected chi connectivity index (χ0v) is 16.8. The van der Waals surface area contributed by atoms with Crippen molar-refractivity contribution in [2.45, 2.75) is 70.4 Å². The van der Waals surface area contributed by atoms with Gasteiger partial charge in [0, 0.05) is 37.6 Å². The van der Waals surface area contributed by atoms with Crippen LogP contribution in [-0.2, 0) is 9.57 Å². The van der Waals surface area contributed by atoms with Crippen LogP contribution >= 0.6 is 0 Å². The van der Waals surface area contributed by atoms with Crippen LogP contribution in [0, 0.1) is 17.8 Å². The first-order chi connectivity index (χ1) is 13.1. The van der Waals surface area contributed by atoms with Gasteiger partial charge in [0.05, 0.1) is 13.3 Å². The Morgan fingerprint density at radius 1 is 1.11 bits per heavy atom. The Balaban J connectivity index is 1.28. The number of hydrogen-bond donors (Lipinski definition) is 3. The Hall–Kier alpha value is -0.930. The van der Waals surface area contributed by atoms with Crippen LogP contribution in [0.4, 0.5) is 4.79 Å². The van der Waals surface area contributed by atoms with Crippen molar-refractivity contribution in [2.24, 2.45) is 17.8 Å². The van der Waals surface area contributed by atoms with Gasteiger partial charge in [0.2, 0.25) is 0 Å². The molecule has 3 aliphatic heterocycles. The second-order valence-corrected chi connectivity index (χ2v) is 8.86. The van der Waals surface area contributed by atoms with Crippen molar-refractivity contribution in [1.82, 2.24) is 26.1 Å². The number of rotatable bonds is 3. The third kappa shape index (κ3) is 3.96. The topological polar surface area (TPSA) is 78.1 Å². The molecule has 4 fully saturated rings. The van der Waals surface area contributed by atoms with Gasteiger partial charge in [-0.3, -0.25) is 15.6 Å². The molecular weight excluding hydrogens is 346 g/mol. The van der Waals surface area contributed by atoms with Gasteiger partial charge in [-0.2, -0.15) is 5.48 Å². The van der Waals surface area contributed by atoms with E-state index in [4.69, 9.17) is 9.57 Å². The molecule has 154 valence electrons. The lowest BCUT2D eigenvalue weighted by atomic mass is 9.78. The van der Waals surface area contributed by atoms with Crippen molar-refractivity contribution in [1.29, 1.82) is 0 Å². The van der Waals surface area contributed by atoms with E-state index in [-0.39, 0.29) is 18.5 Å². The zero-order valence-electron chi connectivity index (χ0n) is 16.8. The summed E-state index contributed by atoms with van der Waals surface area (Å²) in [5, 5.41) is 6.16. The Morgan fingerprint density at radius 3 is 2.56 bits per heavy atom. The molecular formula is C19H35N5O3. The Kier molecular flexibility index (Phi) is 5.89. The van der Waals surface area contributed by atoms with Gasteiger partial charge in [-0.05, 0) is 57.8 Å². The second kappa shape index (κ2) is 8.21. The quantitative estimate of drug-likeness (QED) is 0.679. The average Bonchev–Trinajstić information content (AvgIpc) is 3.34. The molecule has 0 bridgehead atoms. The molecule has 1 amide bonds. The smallest absolute Gasteiger partial charge is 0.409 e. The van der Waals surface area contributed by atoms with E-state index in [1.807, 2.05) is 0 Å². The fourth-order valence-corrected chi connectivity index (χ4v) is 5.40. The SMILES string of the molecule is COC(=O)N1CCC(C2NOC(C3CCC4CNN(C(C)C)C4C3)N2)CC1. The van der Waals surface area contributed by atoms with Crippen LogP contribution in [0.1, 0.15) is 46.0 Å². The van der Waals surface area contributed by atoms with Gasteiger partial charge in [-0.25, -0.2) is 9.80 Å². The van der Waals surface area contributed by atoms with E-state index < -0.39 is 0 Å². The molecule has 0 aromatic rings. The highest BCUT2D eigenvalue weighted by Crippen LogP contribution is 2.38. The highest BCUT2D eigenvalue weighted by atomic mass is 16.7. The number of hydroxylamine groups is 1. The fourth-order valence-electron chi connectivity index (χ4n) is 5.40. The molecule has 8 nitrogen and oxygen atoms in total. The molecule has 3 N–H and O–H groups in total. The predicted molar refractivity (Wildman–Crippen MR) is 101 cm³/mol. The molecule has 4 rings (SSSR count). The Labute approximate surface area is 162 Å². The first kappa shape index (κ1) is 19.4. The van der Waals surface area contributed by atoms with Gasteiger partial charge in [0.25, 0.3) is 0 Å². The first-order valence-electron chi connectivity index (χ1n) is 10.6. The molecule has 5 unspecified atom stereocenters. The number of hydrazine groups is 1. The molecule has 0 aromatic heterocycles. The lowest BCUT2D eigenvalue weighted by Gasteiger charge is -2.38. The van der Waals surface area contributed by atoms with Crippen molar-refractivity contribution >= 4 is 6.09 Å². The van der Waals surface area contributed by atoms with E-state index in [0.717, 1.165) is 38.4 Å². The van der Waals surface area contributed by atoms with Crippen molar-refractivity contribution in [3.8, 4) is 0 Å². The summed E-state index contributed by atoms with van der Waals surface area (Å²) in [6, 6.07) is 1.15. The number of nitrogens with zero attached hydrogens (tertiary/aromatic N) is 2. The number of hydrogen-bond acceptors (Lipinski definition) is 7. The minimum Gasteiger partial charge on any atom is -0.453 e. The summed E-state index contributed by atoms with van der Waals surface area (Å²) in [5.41, 5.74) is 6.85. The van der Waals surface area contributed by atoms with E-state index in [2.05, 4.69) is 35.1 Å². The van der Waals surface area contributed by atoms with Crippen LogP contribution < -0.4 is 16.2 Å². The van der Waals surface area contributed by atoms with Crippen LogP contribution in [0.5, 0.6) is 0 Å². The zero-order chi connectivity index (χ0) is 19.0. The number of piperidine rings is 1. The van der Waals surface area contributed by atoms with Crippen molar-refractivity contribution < 1.29 is 14.4 Å². The fraction of sp³-hybridized carbons (Fsp3) is 0.947. The molecule has 1 saturated carbocycles. The molecule has 5 atom stereocenters. The van der Waals surface area contributed by atoms with Crippen LogP contribution in [0.25, 0.3) is 0 Å². The number of methoxy groups -OCH3 is 1. The first-order valence-corrected chi connectivity index (χ1v) is 10.6. The van der Waals surface area contributed by atoms with Crippen LogP contribution in [-0.4, -0.2) is 67.2 Å². The third-order valence-corrected chi connectivity index (χ3v) is 6.98. The van der Waals surface area contributed by atoms with Gasteiger partial charge in [-0.1, -0.05) is 0 Å². The Bertz CT molecular complexity index is 525. The highest BCUT2D eigenvalue weighted by Gasteiger charge is 2.44. The lowest BCUT2D eigenvalue weighted by Crippen LogP contribution is -2.50. The maximum Gasteiger partial charge on any atom is 0.409 e. The van der Waals surface area contributed by atoms with Gasteiger partial charge in [-0.15, -0.1) is 0 Å². The summed E-state index contributed by atoms with van der Waals surface area (Å²) in [6.45, 7) is 7.16. The molecule has 3 saturated heterocycles. The third-order valence-electron chi connectivity index (χ3n) is 6.98. The molecule has 8 heteroatoms. The van der Waals surface area contributed by atoms with E-state index >= 15 is 0 Å². The summed E-state index contributed by atoms with van der Waals surface area (Å²) in [7, 11) is 1.45. The van der Waals surface area contributed by atoms with Gasteiger partial charge >= 0.3 is 6.09 Å². The molecule has 1 aliphatic carbocycles. The lowest BCUT2D eigenvalue weighted by molar-refractivity contribution is -0.0381. The minimum atomic E-state index is -0.216. The number of likely N-dealkylation sites (tertiary alicyclic amines) is 1. The van der Waals surface area contributed by atoms with Crippen molar-refractivity contribution in [2.75, 3.05) is 26.7 Å². The highest BCUT2D eigenvalue weighted by molar-refractivity contribution is 5.67. The van der Waals surface area contributed by atoms with Gasteiger partial charge < -0.3 is 9.64 Å². The van der Waals surface area contributed by atoms with E-state index in [1.54, 1.807) is 4.90 Å². The summed E-state index contributed by atoms with van der Waals surface area (Å²) >= 11 is 0. The summed E-state index contributed by atoms with van der Waals surface area (Å²) in [6.07, 6.45) is 5.66. The summed E-state index contributed by atoms with van der Waals surface area (Å²) < 4.78 is 4.83. The van der Waals surface area contributed by atoms with Crippen molar-refractivity contribution in [3.63, 3.8) is 0 Å². The maximum absolute atomic E-state index is 11.7. The molecule has 27 heavy (non-hydrogen) atoms. The number of ether oxygens (including phenoxy) is 1. The molecule has 4 aliphatic rings. The maximum atomic E-state index is 11.7. The number of fused-ring (bicyclic) bond motifs is 1. The minimum absolute atomic E-state index is 0.0872. The van der Waals surface area contributed by atoms with E-state index in [1.165, 1.54) is 26.4 Å². The van der Waals surface area contributed by atoms with Crippen LogP contribution in [0.2, 0.25) is 0 Å². The number of nitrogens with one attached hydrogen (secondary N) is 3. The van der Waals surface area contributed by atoms with Gasteiger partial charge in [0.1, 0.15) is 6.23 Å². The molecule has 0 spiro atoms. The van der Waals surface area contributed by atoms with Crippen LogP contribution in [0.15, 0.2) is 0 Å². The Morgan fingerprint density at radius 2 is 1.85 bits per heavy atom. The standard InChI is InChI=1S/C19H35N5O3/c1-12(2)24-16-10-14(4-5-15(16)11-20-24)18-21-17(22-27-18)13-6-8-23(9-7-13)19(25)26-3/h12-18,20-22H,4-11H2,1-3H3. The van der Waals surface area contributed by atoms with Crippen molar-refractivity contribution in [3.05, 3.63) is 0 Å². The van der Waals surface area contributed by atoms with E-state index in [0.29, 0.717) is 23.9 Å². The molecule has 3 heterocycles. The largest absolute Gasteiger partial charge is 0.453 e. The monoisotopic (exact) mass is 381 g/mol. The number of carbonyl (C=O) groups is 1. The summed E-state index contributed by atoms with van der Waals surface area (Å²) in [4.78, 5) is 19.4. The number of amides is 1. The molecule has 0 radical (unpaired) electrons. The number of carbonyl (C=O) groups excluding carboxylic acids is 1. The average molecular weight is 382 g/mol. The van der Waals surface area contributed by atoms with Gasteiger partial charge in [0.15, 0.2) is 0 Å². The summed E-state index contributed by atoms with van der Waals surface area (Å²) in [5.74, 6) is 1.80. The normalized spacial score (nSPS) is 38.4. The predicted octanol–water partition coefficient (Wildman–Crippen LogP) is 1.25. The van der Waals surface area contributed by atoms with Crippen LogP contribution in [0.3, 0.4) is 0 Å². The second-order valence-electron chi connectivity index (χ2n) is 8.86. The molecule has 0 aromatic carbocycles. The van der Waals surface area contributed by atoms with E-state index in [9.17, 15) is 4.79 Å².